The Morgan fingerprint density at radius 1 is 1.08 bits per heavy atom. The molecular weight excluding hydrogens is 302 g/mol. The maximum absolute atomic E-state index is 6.15. The third kappa shape index (κ3) is 2.78. The van der Waals surface area contributed by atoms with Gasteiger partial charge in [0, 0.05) is 18.5 Å². The minimum Gasteiger partial charge on any atom is -0.488 e. The molecule has 3 aromatic rings. The zero-order valence-electron chi connectivity index (χ0n) is 13.8. The van der Waals surface area contributed by atoms with Gasteiger partial charge in [0.1, 0.15) is 11.9 Å². The molecule has 0 N–H and O–H groups in total. The van der Waals surface area contributed by atoms with Gasteiger partial charge in [0.05, 0.1) is 5.56 Å². The molecule has 0 spiro atoms. The number of likely N-dealkylation sites (N-methyl/N-ethyl adjacent to an activating group) is 1. The van der Waals surface area contributed by atoms with Crippen LogP contribution in [0.5, 0.6) is 5.75 Å². The summed E-state index contributed by atoms with van der Waals surface area (Å²) in [5.74, 6) is 1.95. The summed E-state index contributed by atoms with van der Waals surface area (Å²) in [5.41, 5.74) is 2.99. The van der Waals surface area contributed by atoms with Crippen molar-refractivity contribution in [1.82, 2.24) is 15.0 Å². The molecule has 0 saturated heterocycles. The molecule has 2 aromatic carbocycles. The standard InChI is InChI=1S/C19H19N3O2/c1-22(2)12-15-11-14-9-6-10-16(17(14)23-15)19-20-18(21-24-19)13-7-4-3-5-8-13/h3-10,15H,11-12H2,1-2H3. The zero-order chi connectivity index (χ0) is 16.5. The van der Waals surface area contributed by atoms with Crippen LogP contribution < -0.4 is 4.74 Å². The highest BCUT2D eigenvalue weighted by Gasteiger charge is 2.28. The van der Waals surface area contributed by atoms with Crippen molar-refractivity contribution in [3.8, 4) is 28.6 Å². The van der Waals surface area contributed by atoms with Crippen molar-refractivity contribution < 1.29 is 9.26 Å². The molecule has 1 unspecified atom stereocenters. The van der Waals surface area contributed by atoms with Crippen LogP contribution in [-0.2, 0) is 6.42 Å². The Morgan fingerprint density at radius 3 is 2.71 bits per heavy atom. The lowest BCUT2D eigenvalue weighted by Crippen LogP contribution is -2.29. The fraction of sp³-hybridized carbons (Fsp3) is 0.263. The first kappa shape index (κ1) is 14.9. The monoisotopic (exact) mass is 321 g/mol. The van der Waals surface area contributed by atoms with Crippen LogP contribution in [-0.4, -0.2) is 41.8 Å². The van der Waals surface area contributed by atoms with E-state index in [1.54, 1.807) is 0 Å². The largest absolute Gasteiger partial charge is 0.488 e. The predicted molar refractivity (Wildman–Crippen MR) is 91.8 cm³/mol. The quantitative estimate of drug-likeness (QED) is 0.738. The number of para-hydroxylation sites is 1. The van der Waals surface area contributed by atoms with E-state index in [1.165, 1.54) is 5.56 Å². The van der Waals surface area contributed by atoms with Gasteiger partial charge in [-0.15, -0.1) is 0 Å². The summed E-state index contributed by atoms with van der Waals surface area (Å²) >= 11 is 0. The van der Waals surface area contributed by atoms with Gasteiger partial charge in [-0.3, -0.25) is 0 Å². The first-order valence-electron chi connectivity index (χ1n) is 8.03. The van der Waals surface area contributed by atoms with E-state index in [4.69, 9.17) is 9.26 Å². The van der Waals surface area contributed by atoms with Crippen LogP contribution in [0, 0.1) is 0 Å². The van der Waals surface area contributed by atoms with Crippen LogP contribution in [0.1, 0.15) is 5.56 Å². The second-order valence-corrected chi connectivity index (χ2v) is 6.29. The Hall–Kier alpha value is -2.66. The summed E-state index contributed by atoms with van der Waals surface area (Å²) in [7, 11) is 4.11. The third-order valence-corrected chi connectivity index (χ3v) is 4.09. The number of hydrogen-bond donors (Lipinski definition) is 0. The van der Waals surface area contributed by atoms with Gasteiger partial charge >= 0.3 is 0 Å². The minimum absolute atomic E-state index is 0.160. The molecule has 122 valence electrons. The van der Waals surface area contributed by atoms with Gasteiger partial charge in [0.15, 0.2) is 0 Å². The molecule has 0 amide bonds. The van der Waals surface area contributed by atoms with Gasteiger partial charge < -0.3 is 14.2 Å². The van der Waals surface area contributed by atoms with Gasteiger partial charge in [-0.25, -0.2) is 0 Å². The Morgan fingerprint density at radius 2 is 1.92 bits per heavy atom. The topological polar surface area (TPSA) is 51.4 Å². The molecule has 1 aliphatic rings. The molecule has 24 heavy (non-hydrogen) atoms. The highest BCUT2D eigenvalue weighted by molar-refractivity contribution is 5.68. The average molecular weight is 321 g/mol. The highest BCUT2D eigenvalue weighted by Crippen LogP contribution is 2.38. The maximum atomic E-state index is 6.15. The smallest absolute Gasteiger partial charge is 0.262 e. The van der Waals surface area contributed by atoms with Crippen molar-refractivity contribution in [1.29, 1.82) is 0 Å². The molecule has 1 atom stereocenters. The molecule has 4 rings (SSSR count). The highest BCUT2D eigenvalue weighted by atomic mass is 16.5. The molecule has 0 aliphatic carbocycles. The van der Waals surface area contributed by atoms with Crippen LogP contribution in [0.4, 0.5) is 0 Å². The van der Waals surface area contributed by atoms with E-state index in [9.17, 15) is 0 Å². The van der Waals surface area contributed by atoms with Crippen LogP contribution in [0.25, 0.3) is 22.8 Å². The SMILES string of the molecule is CN(C)CC1Cc2cccc(-c3nc(-c4ccccc4)no3)c2O1. The van der Waals surface area contributed by atoms with Crippen LogP contribution >= 0.6 is 0 Å². The van der Waals surface area contributed by atoms with Crippen molar-refractivity contribution in [3.05, 3.63) is 54.1 Å². The molecule has 5 heteroatoms. The second kappa shape index (κ2) is 6.09. The lowest BCUT2D eigenvalue weighted by atomic mass is 10.1. The number of nitrogens with zero attached hydrogens (tertiary/aromatic N) is 3. The molecule has 0 radical (unpaired) electrons. The lowest BCUT2D eigenvalue weighted by Gasteiger charge is -2.16. The van der Waals surface area contributed by atoms with E-state index in [0.29, 0.717) is 11.7 Å². The first-order valence-corrected chi connectivity index (χ1v) is 8.03. The van der Waals surface area contributed by atoms with Gasteiger partial charge in [0.2, 0.25) is 5.82 Å². The molecule has 2 heterocycles. The van der Waals surface area contributed by atoms with Crippen molar-refractivity contribution in [2.45, 2.75) is 12.5 Å². The lowest BCUT2D eigenvalue weighted by molar-refractivity contribution is 0.184. The Kier molecular flexibility index (Phi) is 3.78. The number of aromatic nitrogens is 2. The molecule has 0 fully saturated rings. The Labute approximate surface area is 140 Å². The third-order valence-electron chi connectivity index (χ3n) is 4.09. The fourth-order valence-electron chi connectivity index (χ4n) is 3.05. The van der Waals surface area contributed by atoms with Crippen molar-refractivity contribution in [2.24, 2.45) is 0 Å². The van der Waals surface area contributed by atoms with E-state index >= 15 is 0 Å². The van der Waals surface area contributed by atoms with E-state index in [0.717, 1.165) is 29.8 Å². The molecule has 5 nitrogen and oxygen atoms in total. The first-order chi connectivity index (χ1) is 11.7. The molecule has 1 aliphatic heterocycles. The van der Waals surface area contributed by atoms with E-state index in [-0.39, 0.29) is 6.10 Å². The summed E-state index contributed by atoms with van der Waals surface area (Å²) in [4.78, 5) is 6.68. The van der Waals surface area contributed by atoms with Gasteiger partial charge in [-0.05, 0) is 25.7 Å². The molecule has 1 aromatic heterocycles. The summed E-state index contributed by atoms with van der Waals surface area (Å²) < 4.78 is 11.6. The van der Waals surface area contributed by atoms with E-state index in [1.807, 2.05) is 42.5 Å². The zero-order valence-corrected chi connectivity index (χ0v) is 13.8. The predicted octanol–water partition coefficient (Wildman–Crippen LogP) is 3.27. The number of rotatable bonds is 4. The summed E-state index contributed by atoms with van der Waals surface area (Å²) in [6.45, 7) is 0.882. The summed E-state index contributed by atoms with van der Waals surface area (Å²) in [5, 5.41) is 4.11. The van der Waals surface area contributed by atoms with Crippen LogP contribution in [0.2, 0.25) is 0 Å². The van der Waals surface area contributed by atoms with Gasteiger partial charge in [-0.2, -0.15) is 4.98 Å². The van der Waals surface area contributed by atoms with Gasteiger partial charge in [0.25, 0.3) is 5.89 Å². The van der Waals surface area contributed by atoms with Gasteiger partial charge in [-0.1, -0.05) is 47.6 Å². The molecular formula is C19H19N3O2. The average Bonchev–Trinajstić information content (AvgIpc) is 3.21. The van der Waals surface area contributed by atoms with Crippen molar-refractivity contribution >= 4 is 0 Å². The maximum Gasteiger partial charge on any atom is 0.262 e. The minimum atomic E-state index is 0.160. The number of ether oxygens (including phenoxy) is 1. The summed E-state index contributed by atoms with van der Waals surface area (Å²) in [6.07, 6.45) is 1.06. The normalized spacial score (nSPS) is 16.2. The molecule has 0 bridgehead atoms. The number of hydrogen-bond acceptors (Lipinski definition) is 5. The van der Waals surface area contributed by atoms with Crippen LogP contribution in [0.15, 0.2) is 53.1 Å². The van der Waals surface area contributed by atoms with E-state index < -0.39 is 0 Å². The second-order valence-electron chi connectivity index (χ2n) is 6.29. The van der Waals surface area contributed by atoms with Crippen molar-refractivity contribution in [3.63, 3.8) is 0 Å². The van der Waals surface area contributed by atoms with Crippen LogP contribution in [0.3, 0.4) is 0 Å². The van der Waals surface area contributed by atoms with Crippen molar-refractivity contribution in [2.75, 3.05) is 20.6 Å². The Bertz CT molecular complexity index is 843. The molecule has 0 saturated carbocycles. The van der Waals surface area contributed by atoms with E-state index in [2.05, 4.69) is 35.2 Å². The number of fused-ring (bicyclic) bond motifs is 1. The Balaban J connectivity index is 1.66. The number of benzene rings is 2. The fourth-order valence-corrected chi connectivity index (χ4v) is 3.05. The summed E-state index contributed by atoms with van der Waals surface area (Å²) in [6, 6.07) is 15.9.